The summed E-state index contributed by atoms with van der Waals surface area (Å²) in [5.41, 5.74) is -0.218. The zero-order valence-electron chi connectivity index (χ0n) is 8.93. The van der Waals surface area contributed by atoms with E-state index in [1.165, 1.54) is 12.8 Å². The molecule has 2 atom stereocenters. The van der Waals surface area contributed by atoms with E-state index in [0.717, 1.165) is 13.0 Å². The normalized spacial score (nSPS) is 33.6. The molecule has 1 aliphatic carbocycles. The van der Waals surface area contributed by atoms with Crippen molar-refractivity contribution < 1.29 is 0 Å². The third-order valence-corrected chi connectivity index (χ3v) is 3.07. The van der Waals surface area contributed by atoms with Crippen molar-refractivity contribution in [3.63, 3.8) is 0 Å². The van der Waals surface area contributed by atoms with Gasteiger partial charge in [0.25, 0.3) is 0 Å². The Morgan fingerprint density at radius 2 is 2.31 bits per heavy atom. The van der Waals surface area contributed by atoms with Crippen LogP contribution in [0.25, 0.3) is 0 Å². The van der Waals surface area contributed by atoms with Crippen molar-refractivity contribution in [2.45, 2.75) is 45.6 Å². The molecule has 0 bridgehead atoms. The van der Waals surface area contributed by atoms with E-state index in [1.54, 1.807) is 0 Å². The average Bonchev–Trinajstić information content (AvgIpc) is 2.45. The van der Waals surface area contributed by atoms with Crippen LogP contribution < -0.4 is 5.32 Å². The maximum absolute atomic E-state index is 9.19. The summed E-state index contributed by atoms with van der Waals surface area (Å²) in [5, 5.41) is 12.6. The number of nitriles is 1. The van der Waals surface area contributed by atoms with Gasteiger partial charge in [0.15, 0.2) is 0 Å². The zero-order chi connectivity index (χ0) is 9.90. The lowest BCUT2D eigenvalue weighted by atomic mass is 9.89. The molecule has 74 valence electrons. The first kappa shape index (κ1) is 10.5. The molecule has 0 spiro atoms. The third kappa shape index (κ3) is 2.22. The van der Waals surface area contributed by atoms with Crippen LogP contribution in [0.15, 0.2) is 0 Å². The Hall–Kier alpha value is -0.550. The van der Waals surface area contributed by atoms with Gasteiger partial charge in [-0.15, -0.1) is 0 Å². The maximum Gasteiger partial charge on any atom is 0.109 e. The van der Waals surface area contributed by atoms with E-state index in [9.17, 15) is 5.26 Å². The van der Waals surface area contributed by atoms with Crippen molar-refractivity contribution in [2.24, 2.45) is 11.8 Å². The molecule has 0 saturated heterocycles. The van der Waals surface area contributed by atoms with Gasteiger partial charge in [0.1, 0.15) is 5.54 Å². The second kappa shape index (κ2) is 4.11. The lowest BCUT2D eigenvalue weighted by molar-refractivity contribution is 0.320. The van der Waals surface area contributed by atoms with Gasteiger partial charge in [0, 0.05) is 0 Å². The molecular weight excluding hydrogens is 160 g/mol. The Kier molecular flexibility index (Phi) is 3.33. The summed E-state index contributed by atoms with van der Waals surface area (Å²) in [7, 11) is 0. The highest BCUT2D eigenvalue weighted by molar-refractivity contribution is 5.13. The van der Waals surface area contributed by atoms with Gasteiger partial charge in [0.05, 0.1) is 6.07 Å². The molecule has 2 nitrogen and oxygen atoms in total. The second-order valence-corrected chi connectivity index (χ2v) is 4.65. The minimum Gasteiger partial charge on any atom is -0.299 e. The molecule has 0 aromatic rings. The highest BCUT2D eigenvalue weighted by atomic mass is 15.0. The molecule has 1 saturated carbocycles. The molecule has 0 aromatic heterocycles. The van der Waals surface area contributed by atoms with E-state index in [-0.39, 0.29) is 5.54 Å². The van der Waals surface area contributed by atoms with Gasteiger partial charge < -0.3 is 0 Å². The number of nitrogens with one attached hydrogen (secondary N) is 1. The highest BCUT2D eigenvalue weighted by Gasteiger charge is 2.39. The van der Waals surface area contributed by atoms with Crippen LogP contribution in [0.2, 0.25) is 0 Å². The zero-order valence-corrected chi connectivity index (χ0v) is 8.93. The Labute approximate surface area is 81.3 Å². The summed E-state index contributed by atoms with van der Waals surface area (Å²) in [5.74, 6) is 1.13. The molecular formula is C11H20N2. The van der Waals surface area contributed by atoms with E-state index in [4.69, 9.17) is 0 Å². The molecule has 0 heterocycles. The molecule has 0 aliphatic heterocycles. The third-order valence-electron chi connectivity index (χ3n) is 3.07. The fraction of sp³-hybridized carbons (Fsp3) is 0.909. The largest absolute Gasteiger partial charge is 0.299 e. The first-order valence-electron chi connectivity index (χ1n) is 5.27. The summed E-state index contributed by atoms with van der Waals surface area (Å²) in [6.07, 6.45) is 3.41. The van der Waals surface area contributed by atoms with E-state index < -0.39 is 0 Å². The van der Waals surface area contributed by atoms with Crippen LogP contribution in [0.5, 0.6) is 0 Å². The van der Waals surface area contributed by atoms with E-state index in [1.807, 2.05) is 0 Å². The van der Waals surface area contributed by atoms with Crippen LogP contribution in [0, 0.1) is 23.2 Å². The lowest BCUT2D eigenvalue weighted by Crippen LogP contribution is -2.47. The molecule has 2 heteroatoms. The fourth-order valence-electron chi connectivity index (χ4n) is 2.03. The number of hydrogen-bond donors (Lipinski definition) is 1. The van der Waals surface area contributed by atoms with E-state index >= 15 is 0 Å². The molecule has 0 aromatic carbocycles. The van der Waals surface area contributed by atoms with Crippen molar-refractivity contribution >= 4 is 0 Å². The molecule has 0 radical (unpaired) electrons. The van der Waals surface area contributed by atoms with Gasteiger partial charge in [-0.3, -0.25) is 5.32 Å². The van der Waals surface area contributed by atoms with Crippen LogP contribution in [0.4, 0.5) is 0 Å². The quantitative estimate of drug-likeness (QED) is 0.723. The van der Waals surface area contributed by atoms with Crippen LogP contribution in [-0.2, 0) is 0 Å². The Bertz CT molecular complexity index is 205. The molecule has 1 N–H and O–H groups in total. The summed E-state index contributed by atoms with van der Waals surface area (Å²) in [4.78, 5) is 0. The topological polar surface area (TPSA) is 35.8 Å². The van der Waals surface area contributed by atoms with Crippen LogP contribution >= 0.6 is 0 Å². The molecule has 13 heavy (non-hydrogen) atoms. The summed E-state index contributed by atoms with van der Waals surface area (Å²) in [6, 6.07) is 2.47. The predicted molar refractivity (Wildman–Crippen MR) is 54.2 cm³/mol. The standard InChI is InChI=1S/C11H20N2/c1-9(2)7-13-11(8-12)6-4-5-10(11)3/h9-10,13H,4-7H2,1-3H3. The summed E-state index contributed by atoms with van der Waals surface area (Å²) in [6.45, 7) is 7.50. The van der Waals surface area contributed by atoms with Gasteiger partial charge >= 0.3 is 0 Å². The van der Waals surface area contributed by atoms with E-state index in [0.29, 0.717) is 11.8 Å². The van der Waals surface area contributed by atoms with E-state index in [2.05, 4.69) is 32.2 Å². The Morgan fingerprint density at radius 3 is 2.69 bits per heavy atom. The minimum atomic E-state index is -0.218. The molecule has 1 aliphatic rings. The minimum absolute atomic E-state index is 0.218. The van der Waals surface area contributed by atoms with Crippen molar-refractivity contribution in [3.05, 3.63) is 0 Å². The summed E-state index contributed by atoms with van der Waals surface area (Å²) >= 11 is 0. The number of nitrogens with zero attached hydrogens (tertiary/aromatic N) is 1. The number of hydrogen-bond acceptors (Lipinski definition) is 2. The lowest BCUT2D eigenvalue weighted by Gasteiger charge is -2.28. The van der Waals surface area contributed by atoms with Crippen molar-refractivity contribution in [1.82, 2.24) is 5.32 Å². The van der Waals surface area contributed by atoms with Crippen LogP contribution in [0.3, 0.4) is 0 Å². The van der Waals surface area contributed by atoms with Gasteiger partial charge in [0.2, 0.25) is 0 Å². The highest BCUT2D eigenvalue weighted by Crippen LogP contribution is 2.34. The Balaban J connectivity index is 2.55. The smallest absolute Gasteiger partial charge is 0.109 e. The van der Waals surface area contributed by atoms with Gasteiger partial charge in [-0.05, 0) is 31.2 Å². The maximum atomic E-state index is 9.19. The molecule has 0 amide bonds. The average molecular weight is 180 g/mol. The fourth-order valence-corrected chi connectivity index (χ4v) is 2.03. The van der Waals surface area contributed by atoms with Gasteiger partial charge in [-0.25, -0.2) is 0 Å². The van der Waals surface area contributed by atoms with Gasteiger partial charge in [-0.1, -0.05) is 27.2 Å². The van der Waals surface area contributed by atoms with Crippen molar-refractivity contribution in [2.75, 3.05) is 6.54 Å². The number of rotatable bonds is 3. The van der Waals surface area contributed by atoms with Crippen molar-refractivity contribution in [1.29, 1.82) is 5.26 Å². The monoisotopic (exact) mass is 180 g/mol. The summed E-state index contributed by atoms with van der Waals surface area (Å²) < 4.78 is 0. The SMILES string of the molecule is CC(C)CNC1(C#N)CCCC1C. The van der Waals surface area contributed by atoms with Gasteiger partial charge in [-0.2, -0.15) is 5.26 Å². The second-order valence-electron chi connectivity index (χ2n) is 4.65. The molecule has 1 rings (SSSR count). The van der Waals surface area contributed by atoms with Crippen molar-refractivity contribution in [3.8, 4) is 6.07 Å². The molecule has 2 unspecified atom stereocenters. The Morgan fingerprint density at radius 1 is 1.62 bits per heavy atom. The first-order valence-corrected chi connectivity index (χ1v) is 5.27. The molecule has 1 fully saturated rings. The first-order chi connectivity index (χ1) is 6.10. The predicted octanol–water partition coefficient (Wildman–Crippen LogP) is 2.31. The van der Waals surface area contributed by atoms with Crippen LogP contribution in [-0.4, -0.2) is 12.1 Å². The van der Waals surface area contributed by atoms with Crippen LogP contribution in [0.1, 0.15) is 40.0 Å².